The van der Waals surface area contributed by atoms with Crippen LogP contribution >= 0.6 is 15.9 Å². The molecule has 1 aromatic heterocycles. The SMILES string of the molecule is C=CCOc1ccc(C2c3c(oc4ccc(Br)cc4c3=O)C(=O)N2c2ccc(F)cc2)cc1OCC. The van der Waals surface area contributed by atoms with Crippen molar-refractivity contribution < 1.29 is 23.1 Å². The zero-order valence-electron chi connectivity index (χ0n) is 19.3. The second-order valence-corrected chi connectivity index (χ2v) is 9.02. The molecule has 0 spiro atoms. The van der Waals surface area contributed by atoms with Gasteiger partial charge in [-0.15, -0.1) is 0 Å². The van der Waals surface area contributed by atoms with Crippen LogP contribution in [0.4, 0.5) is 10.1 Å². The molecule has 1 aliphatic rings. The summed E-state index contributed by atoms with van der Waals surface area (Å²) >= 11 is 3.40. The van der Waals surface area contributed by atoms with E-state index in [4.69, 9.17) is 13.9 Å². The van der Waals surface area contributed by atoms with Gasteiger partial charge in [0, 0.05) is 10.2 Å². The van der Waals surface area contributed by atoms with Crippen molar-refractivity contribution in [3.63, 3.8) is 0 Å². The number of ether oxygens (including phenoxy) is 2. The molecular formula is C28H21BrFNO5. The Morgan fingerprint density at radius 1 is 1.06 bits per heavy atom. The topological polar surface area (TPSA) is 69.0 Å². The summed E-state index contributed by atoms with van der Waals surface area (Å²) in [6.45, 7) is 6.19. The number of hydrogen-bond acceptors (Lipinski definition) is 5. The maximum Gasteiger partial charge on any atom is 0.295 e. The number of fused-ring (bicyclic) bond motifs is 2. The Labute approximate surface area is 214 Å². The molecule has 1 amide bonds. The molecule has 0 radical (unpaired) electrons. The fourth-order valence-corrected chi connectivity index (χ4v) is 4.72. The van der Waals surface area contributed by atoms with Crippen LogP contribution in [0.5, 0.6) is 11.5 Å². The average molecular weight is 550 g/mol. The second kappa shape index (κ2) is 9.62. The largest absolute Gasteiger partial charge is 0.490 e. The molecule has 0 bridgehead atoms. The van der Waals surface area contributed by atoms with Crippen molar-refractivity contribution in [3.8, 4) is 11.5 Å². The van der Waals surface area contributed by atoms with Gasteiger partial charge in [-0.2, -0.15) is 0 Å². The zero-order valence-corrected chi connectivity index (χ0v) is 20.9. The monoisotopic (exact) mass is 549 g/mol. The summed E-state index contributed by atoms with van der Waals surface area (Å²) in [4.78, 5) is 28.9. The van der Waals surface area contributed by atoms with Gasteiger partial charge in [-0.25, -0.2) is 4.39 Å². The van der Waals surface area contributed by atoms with E-state index in [0.717, 1.165) is 0 Å². The van der Waals surface area contributed by atoms with Crippen molar-refractivity contribution in [1.82, 2.24) is 0 Å². The molecule has 0 N–H and O–H groups in total. The smallest absolute Gasteiger partial charge is 0.295 e. The molecule has 8 heteroatoms. The Bertz CT molecular complexity index is 1550. The molecule has 1 unspecified atom stereocenters. The first-order chi connectivity index (χ1) is 17.4. The van der Waals surface area contributed by atoms with Crippen LogP contribution in [0.25, 0.3) is 11.0 Å². The molecule has 4 aromatic rings. The van der Waals surface area contributed by atoms with Gasteiger partial charge in [0.05, 0.1) is 23.6 Å². The minimum absolute atomic E-state index is 0.0471. The average Bonchev–Trinajstić information content (AvgIpc) is 3.17. The van der Waals surface area contributed by atoms with Crippen LogP contribution in [-0.4, -0.2) is 19.1 Å². The number of nitrogens with zero attached hydrogens (tertiary/aromatic N) is 1. The lowest BCUT2D eigenvalue weighted by Crippen LogP contribution is -2.29. The number of carbonyl (C=O) groups is 1. The van der Waals surface area contributed by atoms with E-state index < -0.39 is 17.8 Å². The summed E-state index contributed by atoms with van der Waals surface area (Å²) < 4.78 is 31.9. The van der Waals surface area contributed by atoms with Crippen molar-refractivity contribution in [2.45, 2.75) is 13.0 Å². The van der Waals surface area contributed by atoms with Crippen molar-refractivity contribution in [1.29, 1.82) is 0 Å². The highest BCUT2D eigenvalue weighted by molar-refractivity contribution is 9.10. The van der Waals surface area contributed by atoms with Gasteiger partial charge in [0.15, 0.2) is 16.9 Å². The van der Waals surface area contributed by atoms with E-state index in [2.05, 4.69) is 22.5 Å². The standard InChI is InChI=1S/C28H21BrFNO5/c1-3-13-35-22-11-5-16(14-23(22)34-4-2)25-24-26(32)20-15-17(29)6-12-21(20)36-27(24)28(33)31(25)19-9-7-18(30)8-10-19/h3,5-12,14-15,25H,1,4,13H2,2H3. The minimum Gasteiger partial charge on any atom is -0.490 e. The Kier molecular flexibility index (Phi) is 6.36. The molecule has 0 aliphatic carbocycles. The molecular weight excluding hydrogens is 529 g/mol. The molecule has 0 fully saturated rings. The summed E-state index contributed by atoms with van der Waals surface area (Å²) in [5, 5.41) is 0.345. The van der Waals surface area contributed by atoms with Gasteiger partial charge in [-0.1, -0.05) is 34.7 Å². The van der Waals surface area contributed by atoms with Gasteiger partial charge in [0.25, 0.3) is 5.91 Å². The van der Waals surface area contributed by atoms with Crippen LogP contribution in [-0.2, 0) is 0 Å². The maximum absolute atomic E-state index is 13.8. The van der Waals surface area contributed by atoms with Crippen molar-refractivity contribution >= 4 is 38.5 Å². The van der Waals surface area contributed by atoms with Crippen LogP contribution in [0.3, 0.4) is 0 Å². The number of anilines is 1. The number of amides is 1. The van der Waals surface area contributed by atoms with E-state index in [1.807, 2.05) is 6.92 Å². The van der Waals surface area contributed by atoms with Crippen molar-refractivity contribution in [2.75, 3.05) is 18.1 Å². The van der Waals surface area contributed by atoms with Crippen LogP contribution in [0.1, 0.15) is 34.6 Å². The molecule has 0 saturated heterocycles. The minimum atomic E-state index is -0.828. The second-order valence-electron chi connectivity index (χ2n) is 8.11. The Morgan fingerprint density at radius 2 is 1.83 bits per heavy atom. The summed E-state index contributed by atoms with van der Waals surface area (Å²) in [6.07, 6.45) is 1.63. The zero-order chi connectivity index (χ0) is 25.4. The third-order valence-corrected chi connectivity index (χ3v) is 6.37. The predicted molar refractivity (Wildman–Crippen MR) is 139 cm³/mol. The number of carbonyl (C=O) groups excluding carboxylic acids is 1. The van der Waals surface area contributed by atoms with Gasteiger partial charge in [0.1, 0.15) is 18.0 Å². The first kappa shape index (κ1) is 23.8. The van der Waals surface area contributed by atoms with Gasteiger partial charge in [-0.3, -0.25) is 14.5 Å². The van der Waals surface area contributed by atoms with E-state index in [1.54, 1.807) is 42.5 Å². The van der Waals surface area contributed by atoms with E-state index >= 15 is 0 Å². The van der Waals surface area contributed by atoms with Crippen molar-refractivity contribution in [3.05, 3.63) is 111 Å². The van der Waals surface area contributed by atoms with E-state index in [-0.39, 0.29) is 23.4 Å². The molecule has 1 atom stereocenters. The fourth-order valence-electron chi connectivity index (χ4n) is 4.36. The van der Waals surface area contributed by atoms with E-state index in [9.17, 15) is 14.0 Å². The van der Waals surface area contributed by atoms with Crippen molar-refractivity contribution in [2.24, 2.45) is 0 Å². The lowest BCUT2D eigenvalue weighted by Gasteiger charge is -2.26. The third kappa shape index (κ3) is 4.07. The normalized spacial score (nSPS) is 14.7. The van der Waals surface area contributed by atoms with E-state index in [0.29, 0.717) is 44.8 Å². The quantitative estimate of drug-likeness (QED) is 0.249. The number of hydrogen-bond donors (Lipinski definition) is 0. The highest BCUT2D eigenvalue weighted by atomic mass is 79.9. The number of benzene rings is 3. The Hall–Kier alpha value is -3.91. The number of rotatable bonds is 7. The maximum atomic E-state index is 13.8. The lowest BCUT2D eigenvalue weighted by atomic mass is 9.97. The highest BCUT2D eigenvalue weighted by Gasteiger charge is 2.44. The summed E-state index contributed by atoms with van der Waals surface area (Å²) in [6, 6.07) is 15.0. The van der Waals surface area contributed by atoms with Gasteiger partial charge in [0.2, 0.25) is 5.76 Å². The van der Waals surface area contributed by atoms with Gasteiger partial charge < -0.3 is 13.9 Å². The first-order valence-electron chi connectivity index (χ1n) is 11.3. The van der Waals surface area contributed by atoms with Crippen LogP contribution in [0, 0.1) is 5.82 Å². The Balaban J connectivity index is 1.75. The molecule has 3 aromatic carbocycles. The molecule has 1 aliphatic heterocycles. The first-order valence-corrected chi connectivity index (χ1v) is 12.1. The van der Waals surface area contributed by atoms with Gasteiger partial charge in [-0.05, 0) is 67.1 Å². The molecule has 2 heterocycles. The molecule has 0 saturated carbocycles. The van der Waals surface area contributed by atoms with Crippen LogP contribution < -0.4 is 19.8 Å². The summed E-state index contributed by atoms with van der Waals surface area (Å²) in [5.41, 5.74) is 1.23. The summed E-state index contributed by atoms with van der Waals surface area (Å²) in [5.74, 6) is -0.00764. The molecule has 6 nitrogen and oxygen atoms in total. The molecule has 5 rings (SSSR count). The number of halogens is 2. The third-order valence-electron chi connectivity index (χ3n) is 5.88. The molecule has 182 valence electrons. The van der Waals surface area contributed by atoms with Gasteiger partial charge >= 0.3 is 0 Å². The molecule has 36 heavy (non-hydrogen) atoms. The van der Waals surface area contributed by atoms with E-state index in [1.165, 1.54) is 29.2 Å². The highest BCUT2D eigenvalue weighted by Crippen LogP contribution is 2.43. The lowest BCUT2D eigenvalue weighted by molar-refractivity contribution is 0.0971. The predicted octanol–water partition coefficient (Wildman–Crippen LogP) is 6.41. The summed E-state index contributed by atoms with van der Waals surface area (Å²) in [7, 11) is 0. The Morgan fingerprint density at radius 3 is 2.56 bits per heavy atom. The fraction of sp³-hybridized carbons (Fsp3) is 0.143. The van der Waals surface area contributed by atoms with Crippen LogP contribution in [0.15, 0.2) is 87.0 Å². The van der Waals surface area contributed by atoms with Crippen LogP contribution in [0.2, 0.25) is 0 Å².